The molecule has 0 aromatic heterocycles. The van der Waals surface area contributed by atoms with Crippen molar-refractivity contribution in [3.63, 3.8) is 0 Å². The molecule has 1 N–H and O–H groups in total. The monoisotopic (exact) mass is 314 g/mol. The third-order valence-electron chi connectivity index (χ3n) is 4.14. The predicted molar refractivity (Wildman–Crippen MR) is 80.8 cm³/mol. The van der Waals surface area contributed by atoms with Crippen LogP contribution in [-0.2, 0) is 6.18 Å². The summed E-state index contributed by atoms with van der Waals surface area (Å²) in [7, 11) is 0. The van der Waals surface area contributed by atoms with Crippen molar-refractivity contribution in [1.29, 1.82) is 0 Å². The number of amidine groups is 1. The highest BCUT2D eigenvalue weighted by atomic mass is 32.2. The topological polar surface area (TPSA) is 24.4 Å². The largest absolute Gasteiger partial charge is 0.416 e. The molecule has 0 spiro atoms. The first kappa shape index (κ1) is 14.8. The van der Waals surface area contributed by atoms with Crippen LogP contribution in [0.5, 0.6) is 0 Å². The van der Waals surface area contributed by atoms with E-state index in [0.29, 0.717) is 17.6 Å². The zero-order valence-corrected chi connectivity index (χ0v) is 12.5. The molecule has 2 unspecified atom stereocenters. The number of aliphatic imine (C=N–C) groups is 1. The molecule has 0 bridgehead atoms. The number of thioether (sulfide) groups is 1. The molecule has 114 valence electrons. The maximum Gasteiger partial charge on any atom is 0.416 e. The third kappa shape index (κ3) is 3.20. The lowest BCUT2D eigenvalue weighted by atomic mass is 10.1. The van der Waals surface area contributed by atoms with Crippen molar-refractivity contribution in [2.75, 3.05) is 11.1 Å². The fourth-order valence-corrected chi connectivity index (χ4v) is 4.02. The highest BCUT2D eigenvalue weighted by Crippen LogP contribution is 2.37. The van der Waals surface area contributed by atoms with E-state index in [4.69, 9.17) is 0 Å². The number of rotatable bonds is 1. The van der Waals surface area contributed by atoms with Crippen molar-refractivity contribution >= 4 is 22.6 Å². The van der Waals surface area contributed by atoms with Gasteiger partial charge in [0.1, 0.15) is 0 Å². The molecule has 3 rings (SSSR count). The number of hydrogen-bond donors (Lipinski definition) is 1. The molecule has 2 atom stereocenters. The van der Waals surface area contributed by atoms with Crippen molar-refractivity contribution in [1.82, 2.24) is 0 Å². The van der Waals surface area contributed by atoms with E-state index in [1.807, 2.05) is 0 Å². The predicted octanol–water partition coefficient (Wildman–Crippen LogP) is 4.70. The fourth-order valence-electron chi connectivity index (χ4n) is 2.87. The van der Waals surface area contributed by atoms with E-state index in [1.165, 1.54) is 25.0 Å². The number of hydrogen-bond acceptors (Lipinski definition) is 3. The van der Waals surface area contributed by atoms with Crippen LogP contribution in [0, 0.1) is 12.8 Å². The molecule has 0 saturated heterocycles. The lowest BCUT2D eigenvalue weighted by Gasteiger charge is -2.24. The molecular weight excluding hydrogens is 297 g/mol. The van der Waals surface area contributed by atoms with Crippen LogP contribution >= 0.6 is 11.8 Å². The first-order valence-corrected chi connectivity index (χ1v) is 8.07. The number of benzene rings is 1. The number of halogens is 3. The molecule has 0 radical (unpaired) electrons. The summed E-state index contributed by atoms with van der Waals surface area (Å²) in [6.45, 7) is 1.80. The van der Waals surface area contributed by atoms with Crippen LogP contribution in [0.2, 0.25) is 0 Å². The van der Waals surface area contributed by atoms with Gasteiger partial charge in [0.15, 0.2) is 5.17 Å². The van der Waals surface area contributed by atoms with Gasteiger partial charge in [-0.2, -0.15) is 13.2 Å². The number of nitrogens with zero attached hydrogens (tertiary/aromatic N) is 1. The van der Waals surface area contributed by atoms with Gasteiger partial charge in [-0.15, -0.1) is 0 Å². The lowest BCUT2D eigenvalue weighted by Crippen LogP contribution is -2.25. The van der Waals surface area contributed by atoms with Crippen molar-refractivity contribution < 1.29 is 13.2 Å². The summed E-state index contributed by atoms with van der Waals surface area (Å²) in [5, 5.41) is 3.84. The van der Waals surface area contributed by atoms with Gasteiger partial charge in [0.2, 0.25) is 0 Å². The van der Waals surface area contributed by atoms with E-state index in [9.17, 15) is 13.2 Å². The third-order valence-corrected chi connectivity index (χ3v) is 5.22. The van der Waals surface area contributed by atoms with E-state index in [-0.39, 0.29) is 0 Å². The molecule has 1 saturated carbocycles. The Labute approximate surface area is 126 Å². The van der Waals surface area contributed by atoms with Gasteiger partial charge >= 0.3 is 6.18 Å². The van der Waals surface area contributed by atoms with Gasteiger partial charge in [0.05, 0.1) is 11.6 Å². The smallest absolute Gasteiger partial charge is 0.335 e. The quantitative estimate of drug-likeness (QED) is 0.812. The van der Waals surface area contributed by atoms with Gasteiger partial charge in [-0.3, -0.25) is 4.99 Å². The van der Waals surface area contributed by atoms with E-state index in [0.717, 1.165) is 29.0 Å². The number of nitrogens with one attached hydrogen (secondary N) is 1. The van der Waals surface area contributed by atoms with Gasteiger partial charge in [-0.05, 0) is 43.4 Å². The summed E-state index contributed by atoms with van der Waals surface area (Å²) >= 11 is 1.61. The second kappa shape index (κ2) is 5.55. The number of fused-ring (bicyclic) bond motifs is 1. The molecule has 1 aromatic rings. The lowest BCUT2D eigenvalue weighted by molar-refractivity contribution is -0.137. The van der Waals surface area contributed by atoms with Crippen molar-refractivity contribution in [2.24, 2.45) is 10.9 Å². The second-order valence-electron chi connectivity index (χ2n) is 5.66. The average Bonchev–Trinajstić information content (AvgIpc) is 2.87. The van der Waals surface area contributed by atoms with Crippen LogP contribution in [0.4, 0.5) is 18.9 Å². The van der Waals surface area contributed by atoms with Crippen molar-refractivity contribution in [3.05, 3.63) is 29.3 Å². The number of aryl methyl sites for hydroxylation is 1. The minimum Gasteiger partial charge on any atom is -0.335 e. The van der Waals surface area contributed by atoms with Crippen molar-refractivity contribution in [2.45, 2.75) is 38.4 Å². The fraction of sp³-hybridized carbons (Fsp3) is 0.533. The second-order valence-corrected chi connectivity index (χ2v) is 6.66. The Kier molecular flexibility index (Phi) is 3.90. The van der Waals surface area contributed by atoms with Gasteiger partial charge in [-0.25, -0.2) is 0 Å². The minimum absolute atomic E-state index is 0.347. The van der Waals surface area contributed by atoms with Gasteiger partial charge in [-0.1, -0.05) is 24.2 Å². The summed E-state index contributed by atoms with van der Waals surface area (Å²) in [6.07, 6.45) is -0.799. The van der Waals surface area contributed by atoms with Crippen LogP contribution in [0.1, 0.15) is 30.4 Å². The molecule has 2 nitrogen and oxygen atoms in total. The number of alkyl halides is 3. The molecule has 1 aromatic carbocycles. The summed E-state index contributed by atoms with van der Waals surface area (Å²) < 4.78 is 38.4. The summed E-state index contributed by atoms with van der Waals surface area (Å²) in [5.74, 6) is 1.65. The van der Waals surface area contributed by atoms with Crippen LogP contribution in [0.3, 0.4) is 0 Å². The Morgan fingerprint density at radius 1 is 1.29 bits per heavy atom. The molecule has 1 fully saturated rings. The maximum absolute atomic E-state index is 12.8. The molecular formula is C15H17F3N2S. The summed E-state index contributed by atoms with van der Waals surface area (Å²) in [6, 6.07) is 4.12. The Morgan fingerprint density at radius 3 is 2.86 bits per heavy atom. The normalized spacial score (nSPS) is 25.4. The van der Waals surface area contributed by atoms with Gasteiger partial charge < -0.3 is 5.32 Å². The first-order valence-electron chi connectivity index (χ1n) is 7.09. The van der Waals surface area contributed by atoms with E-state index >= 15 is 0 Å². The van der Waals surface area contributed by atoms with Gasteiger partial charge in [0.25, 0.3) is 0 Å². The molecule has 1 heterocycles. The Hall–Kier alpha value is -1.17. The molecule has 2 aliphatic rings. The molecule has 0 amide bonds. The first-order chi connectivity index (χ1) is 9.93. The maximum atomic E-state index is 12.8. The van der Waals surface area contributed by atoms with Crippen LogP contribution < -0.4 is 5.32 Å². The van der Waals surface area contributed by atoms with Crippen LogP contribution in [0.15, 0.2) is 23.2 Å². The molecule has 6 heteroatoms. The van der Waals surface area contributed by atoms with E-state index in [1.54, 1.807) is 18.7 Å². The Morgan fingerprint density at radius 2 is 2.10 bits per heavy atom. The zero-order chi connectivity index (χ0) is 15.0. The Balaban J connectivity index is 1.81. The van der Waals surface area contributed by atoms with Crippen LogP contribution in [0.25, 0.3) is 0 Å². The Bertz CT molecular complexity index is 569. The SMILES string of the molecule is Cc1ccc(C(F)(F)F)cc1NC1=NC2CCCC2CS1. The van der Waals surface area contributed by atoms with Crippen LogP contribution in [-0.4, -0.2) is 17.0 Å². The zero-order valence-electron chi connectivity index (χ0n) is 11.7. The minimum atomic E-state index is -4.32. The highest BCUT2D eigenvalue weighted by Gasteiger charge is 2.32. The van der Waals surface area contributed by atoms with Gasteiger partial charge in [0, 0.05) is 11.4 Å². The molecule has 21 heavy (non-hydrogen) atoms. The summed E-state index contributed by atoms with van der Waals surface area (Å²) in [4.78, 5) is 4.66. The average molecular weight is 314 g/mol. The molecule has 1 aliphatic carbocycles. The summed E-state index contributed by atoms with van der Waals surface area (Å²) in [5.41, 5.74) is 0.656. The van der Waals surface area contributed by atoms with E-state index in [2.05, 4.69) is 10.3 Å². The molecule has 1 aliphatic heterocycles. The van der Waals surface area contributed by atoms with Crippen molar-refractivity contribution in [3.8, 4) is 0 Å². The standard InChI is InChI=1S/C15H17F3N2S/c1-9-5-6-11(15(16,17)18)7-13(9)20-14-19-12-4-2-3-10(12)8-21-14/h5-7,10,12H,2-4,8H2,1H3,(H,19,20). The number of anilines is 1. The van der Waals surface area contributed by atoms with E-state index < -0.39 is 11.7 Å². The highest BCUT2D eigenvalue weighted by molar-refractivity contribution is 8.14.